The van der Waals surface area contributed by atoms with Crippen molar-refractivity contribution in [3.8, 4) is 0 Å². The molecule has 11 heavy (non-hydrogen) atoms. The third kappa shape index (κ3) is 11.6. The maximum Gasteiger partial charge on any atom is 0.697 e. The van der Waals surface area contributed by atoms with Crippen LogP contribution in [0.4, 0.5) is 0 Å². The van der Waals surface area contributed by atoms with E-state index >= 15 is 0 Å². The van der Waals surface area contributed by atoms with Gasteiger partial charge in [-0.15, -0.1) is 9.05 Å². The molecule has 2 N–H and O–H groups in total. The summed E-state index contributed by atoms with van der Waals surface area (Å²) in [5, 5.41) is 16.4. The van der Waals surface area contributed by atoms with Gasteiger partial charge in [0.15, 0.2) is 0 Å². The molecule has 0 unspecified atom stereocenters. The van der Waals surface area contributed by atoms with E-state index in [2.05, 4.69) is 9.05 Å². The SMILES string of the molecule is O=[P+](OCCO)OCCO.[K]. The number of hydrogen-bond donors (Lipinski definition) is 2. The molecule has 0 heterocycles. The van der Waals surface area contributed by atoms with Gasteiger partial charge in [0.1, 0.15) is 13.2 Å². The minimum absolute atomic E-state index is 0. The number of hydrogen-bond acceptors (Lipinski definition) is 5. The third-order valence-corrected chi connectivity index (χ3v) is 1.36. The Morgan fingerprint density at radius 1 is 1.09 bits per heavy atom. The van der Waals surface area contributed by atoms with Crippen LogP contribution in [-0.2, 0) is 13.6 Å². The van der Waals surface area contributed by atoms with Crippen LogP contribution < -0.4 is 0 Å². The molecule has 0 spiro atoms. The molecular formula is C4H10KO5P+. The molecule has 0 atom stereocenters. The topological polar surface area (TPSA) is 76.0 Å². The zero-order chi connectivity index (χ0) is 7.82. The summed E-state index contributed by atoms with van der Waals surface area (Å²) in [6, 6.07) is 0. The van der Waals surface area contributed by atoms with Gasteiger partial charge in [-0.25, -0.2) is 0 Å². The Morgan fingerprint density at radius 3 is 1.73 bits per heavy atom. The second-order valence-electron chi connectivity index (χ2n) is 1.34. The molecule has 0 bridgehead atoms. The normalized spacial score (nSPS) is 8.91. The first-order valence-corrected chi connectivity index (χ1v) is 3.85. The van der Waals surface area contributed by atoms with Gasteiger partial charge in [-0.2, -0.15) is 0 Å². The Bertz CT molecular complexity index is 90.5. The zero-order valence-corrected chi connectivity index (χ0v) is 10.4. The summed E-state index contributed by atoms with van der Waals surface area (Å²) in [6.07, 6.45) is 0. The van der Waals surface area contributed by atoms with Gasteiger partial charge < -0.3 is 10.2 Å². The van der Waals surface area contributed by atoms with Crippen molar-refractivity contribution >= 4 is 59.6 Å². The molecule has 0 aromatic heterocycles. The Labute approximate surface area is 108 Å². The van der Waals surface area contributed by atoms with Crippen molar-refractivity contribution in [2.24, 2.45) is 0 Å². The van der Waals surface area contributed by atoms with Gasteiger partial charge in [0.2, 0.25) is 0 Å². The Hall–Kier alpha value is 1.58. The van der Waals surface area contributed by atoms with E-state index in [1.807, 2.05) is 0 Å². The van der Waals surface area contributed by atoms with Gasteiger partial charge in [-0.3, -0.25) is 0 Å². The molecule has 0 rings (SSSR count). The van der Waals surface area contributed by atoms with Gasteiger partial charge in [0.25, 0.3) is 0 Å². The quantitative estimate of drug-likeness (QED) is 0.445. The third-order valence-electron chi connectivity index (χ3n) is 0.576. The summed E-state index contributed by atoms with van der Waals surface area (Å²) in [5.74, 6) is 0. The standard InChI is InChI=1S/C4H10O5P.K/c5-1-3-8-10(7)9-4-2-6;/h5-6H,1-4H2;/q+1;. The van der Waals surface area contributed by atoms with E-state index in [4.69, 9.17) is 10.2 Å². The molecule has 0 aliphatic heterocycles. The summed E-state index contributed by atoms with van der Waals surface area (Å²) in [5.41, 5.74) is 0. The van der Waals surface area contributed by atoms with Crippen molar-refractivity contribution in [2.45, 2.75) is 0 Å². The second kappa shape index (κ2) is 11.6. The number of rotatable bonds is 6. The summed E-state index contributed by atoms with van der Waals surface area (Å²) in [6.45, 7) is -0.408. The van der Waals surface area contributed by atoms with Crippen molar-refractivity contribution in [2.75, 3.05) is 26.4 Å². The minimum atomic E-state index is -2.16. The predicted octanol–water partition coefficient (Wildman–Crippen LogP) is -0.719. The predicted molar refractivity (Wildman–Crippen MR) is 39.4 cm³/mol. The molecule has 0 saturated heterocycles. The first-order chi connectivity index (χ1) is 4.81. The van der Waals surface area contributed by atoms with Crippen LogP contribution in [0, 0.1) is 0 Å². The molecular weight excluding hydrogens is 198 g/mol. The molecule has 0 amide bonds. The fourth-order valence-electron chi connectivity index (χ4n) is 0.268. The second-order valence-corrected chi connectivity index (χ2v) is 2.30. The van der Waals surface area contributed by atoms with Crippen LogP contribution in [0.25, 0.3) is 0 Å². The summed E-state index contributed by atoms with van der Waals surface area (Å²) >= 11 is 0. The van der Waals surface area contributed by atoms with Gasteiger partial charge >= 0.3 is 8.25 Å². The first kappa shape index (κ1) is 15.1. The molecule has 7 heteroatoms. The van der Waals surface area contributed by atoms with Crippen molar-refractivity contribution in [1.29, 1.82) is 0 Å². The summed E-state index contributed by atoms with van der Waals surface area (Å²) in [7, 11) is -2.16. The summed E-state index contributed by atoms with van der Waals surface area (Å²) < 4.78 is 19.3. The molecule has 61 valence electrons. The Morgan fingerprint density at radius 2 is 1.45 bits per heavy atom. The van der Waals surface area contributed by atoms with Gasteiger partial charge in [0.05, 0.1) is 13.2 Å². The smallest absolute Gasteiger partial charge is 0.394 e. The largest absolute Gasteiger partial charge is 0.697 e. The van der Waals surface area contributed by atoms with E-state index in [-0.39, 0.29) is 77.8 Å². The van der Waals surface area contributed by atoms with E-state index in [1.165, 1.54) is 0 Å². The van der Waals surface area contributed by atoms with E-state index in [9.17, 15) is 4.57 Å². The molecule has 0 aromatic carbocycles. The first-order valence-electron chi connectivity index (χ1n) is 2.76. The van der Waals surface area contributed by atoms with E-state index < -0.39 is 8.25 Å². The fraction of sp³-hybridized carbons (Fsp3) is 1.00. The fourth-order valence-corrected chi connectivity index (χ4v) is 0.804. The van der Waals surface area contributed by atoms with E-state index in [0.717, 1.165) is 0 Å². The van der Waals surface area contributed by atoms with Crippen LogP contribution in [0.5, 0.6) is 0 Å². The average Bonchev–Trinajstić information content (AvgIpc) is 1.97. The van der Waals surface area contributed by atoms with Crippen molar-refractivity contribution in [3.05, 3.63) is 0 Å². The molecule has 0 fully saturated rings. The van der Waals surface area contributed by atoms with E-state index in [0.29, 0.717) is 0 Å². The maximum atomic E-state index is 10.4. The van der Waals surface area contributed by atoms with Crippen LogP contribution in [0.15, 0.2) is 0 Å². The maximum absolute atomic E-state index is 10.4. The molecule has 0 saturated carbocycles. The molecule has 0 aliphatic carbocycles. The van der Waals surface area contributed by atoms with Gasteiger partial charge in [0, 0.05) is 55.9 Å². The number of aliphatic hydroxyl groups is 2. The molecule has 0 aromatic rings. The van der Waals surface area contributed by atoms with Crippen molar-refractivity contribution in [1.82, 2.24) is 0 Å². The summed E-state index contributed by atoms with van der Waals surface area (Å²) in [4.78, 5) is 0. The van der Waals surface area contributed by atoms with Crippen LogP contribution in [0.2, 0.25) is 0 Å². The van der Waals surface area contributed by atoms with Gasteiger partial charge in [-0.05, 0) is 0 Å². The zero-order valence-electron chi connectivity index (χ0n) is 6.39. The van der Waals surface area contributed by atoms with Crippen LogP contribution >= 0.6 is 8.25 Å². The average molecular weight is 208 g/mol. The van der Waals surface area contributed by atoms with Crippen LogP contribution in [0.1, 0.15) is 0 Å². The Balaban J connectivity index is 0. The molecule has 0 aliphatic rings. The molecule has 5 nitrogen and oxygen atoms in total. The Kier molecular flexibility index (Phi) is 15.9. The van der Waals surface area contributed by atoms with Gasteiger partial charge in [-0.1, -0.05) is 0 Å². The molecule has 1 radical (unpaired) electrons. The van der Waals surface area contributed by atoms with E-state index in [1.54, 1.807) is 0 Å². The van der Waals surface area contributed by atoms with Crippen LogP contribution in [-0.4, -0.2) is 88.0 Å². The monoisotopic (exact) mass is 208 g/mol. The number of aliphatic hydroxyl groups excluding tert-OH is 2. The van der Waals surface area contributed by atoms with Crippen LogP contribution in [0.3, 0.4) is 0 Å². The minimum Gasteiger partial charge on any atom is -0.394 e. The van der Waals surface area contributed by atoms with Crippen molar-refractivity contribution < 1.29 is 23.8 Å². The van der Waals surface area contributed by atoms with Crippen molar-refractivity contribution in [3.63, 3.8) is 0 Å².